The van der Waals surface area contributed by atoms with Crippen LogP contribution < -0.4 is 5.73 Å². The van der Waals surface area contributed by atoms with Crippen LogP contribution >= 0.6 is 22.6 Å². The highest BCUT2D eigenvalue weighted by Gasteiger charge is 2.10. The molecule has 0 aliphatic carbocycles. The van der Waals surface area contributed by atoms with E-state index >= 15 is 0 Å². The fourth-order valence-electron chi connectivity index (χ4n) is 1.91. The first kappa shape index (κ1) is 12.6. The van der Waals surface area contributed by atoms with Crippen LogP contribution in [0.3, 0.4) is 0 Å². The summed E-state index contributed by atoms with van der Waals surface area (Å²) in [6, 6.07) is 10.5. The van der Waals surface area contributed by atoms with E-state index in [0.717, 1.165) is 12.1 Å². The number of halogens is 1. The normalized spacial score (nSPS) is 12.7. The van der Waals surface area contributed by atoms with Crippen LogP contribution in [0.2, 0.25) is 0 Å². The van der Waals surface area contributed by atoms with E-state index in [0.29, 0.717) is 0 Å². The fourth-order valence-corrected chi connectivity index (χ4v) is 2.27. The van der Waals surface area contributed by atoms with Gasteiger partial charge in [-0.05, 0) is 53.3 Å². The SMILES string of the molecule is Cc1cc(CC(N)c2ccc(I)cc2)n(C)n1. The van der Waals surface area contributed by atoms with Gasteiger partial charge < -0.3 is 5.73 Å². The highest BCUT2D eigenvalue weighted by molar-refractivity contribution is 14.1. The standard InChI is InChI=1S/C13H16IN3/c1-9-7-12(17(2)16-9)8-13(15)10-3-5-11(14)6-4-10/h3-7,13H,8,15H2,1-2H3. The van der Waals surface area contributed by atoms with E-state index in [2.05, 4.69) is 58.0 Å². The smallest absolute Gasteiger partial charge is 0.0596 e. The molecule has 1 aromatic heterocycles. The Hall–Kier alpha value is -0.880. The predicted molar refractivity (Wildman–Crippen MR) is 77.7 cm³/mol. The van der Waals surface area contributed by atoms with E-state index in [-0.39, 0.29) is 6.04 Å². The van der Waals surface area contributed by atoms with Crippen molar-refractivity contribution in [2.24, 2.45) is 12.8 Å². The molecular formula is C13H16IN3. The van der Waals surface area contributed by atoms with Gasteiger partial charge in [0.2, 0.25) is 0 Å². The molecule has 90 valence electrons. The van der Waals surface area contributed by atoms with Gasteiger partial charge in [0, 0.05) is 28.8 Å². The van der Waals surface area contributed by atoms with Crippen LogP contribution in [0.25, 0.3) is 0 Å². The quantitative estimate of drug-likeness (QED) is 0.872. The van der Waals surface area contributed by atoms with E-state index in [4.69, 9.17) is 5.73 Å². The van der Waals surface area contributed by atoms with Crippen molar-refractivity contribution in [1.29, 1.82) is 0 Å². The molecule has 0 bridgehead atoms. The Morgan fingerprint density at radius 3 is 2.53 bits per heavy atom. The Kier molecular flexibility index (Phi) is 3.83. The molecule has 0 fully saturated rings. The molecule has 0 aliphatic heterocycles. The second-order valence-corrected chi connectivity index (χ2v) is 5.51. The summed E-state index contributed by atoms with van der Waals surface area (Å²) in [5, 5.41) is 4.33. The highest BCUT2D eigenvalue weighted by atomic mass is 127. The van der Waals surface area contributed by atoms with E-state index in [9.17, 15) is 0 Å². The Labute approximate surface area is 115 Å². The number of hydrogen-bond donors (Lipinski definition) is 1. The van der Waals surface area contributed by atoms with E-state index in [1.807, 2.05) is 18.7 Å². The third-order valence-corrected chi connectivity index (χ3v) is 3.55. The third-order valence-electron chi connectivity index (χ3n) is 2.83. The number of hydrogen-bond acceptors (Lipinski definition) is 2. The van der Waals surface area contributed by atoms with Crippen LogP contribution in [0, 0.1) is 10.5 Å². The number of nitrogens with two attached hydrogens (primary N) is 1. The van der Waals surface area contributed by atoms with Gasteiger partial charge in [0.15, 0.2) is 0 Å². The summed E-state index contributed by atoms with van der Waals surface area (Å²) < 4.78 is 3.14. The van der Waals surface area contributed by atoms with Gasteiger partial charge in [-0.3, -0.25) is 4.68 Å². The summed E-state index contributed by atoms with van der Waals surface area (Å²) in [6.07, 6.45) is 0.817. The van der Waals surface area contributed by atoms with E-state index in [1.165, 1.54) is 14.8 Å². The summed E-state index contributed by atoms with van der Waals surface area (Å²) in [7, 11) is 1.96. The molecule has 2 aromatic rings. The molecule has 17 heavy (non-hydrogen) atoms. The second kappa shape index (κ2) is 5.18. The van der Waals surface area contributed by atoms with Gasteiger partial charge in [0.05, 0.1) is 5.69 Å². The first-order valence-corrected chi connectivity index (χ1v) is 6.64. The van der Waals surface area contributed by atoms with Crippen molar-refractivity contribution in [3.05, 3.63) is 50.9 Å². The first-order valence-electron chi connectivity index (χ1n) is 5.57. The van der Waals surface area contributed by atoms with Gasteiger partial charge in [-0.2, -0.15) is 5.10 Å². The Morgan fingerprint density at radius 1 is 1.35 bits per heavy atom. The lowest BCUT2D eigenvalue weighted by molar-refractivity contribution is 0.639. The summed E-state index contributed by atoms with van der Waals surface area (Å²) >= 11 is 2.30. The molecule has 1 unspecified atom stereocenters. The van der Waals surface area contributed by atoms with Crippen molar-refractivity contribution in [1.82, 2.24) is 9.78 Å². The third kappa shape index (κ3) is 3.07. The summed E-state index contributed by atoms with van der Waals surface area (Å²) in [5.74, 6) is 0. The molecule has 0 saturated heterocycles. The maximum absolute atomic E-state index is 6.21. The largest absolute Gasteiger partial charge is 0.324 e. The lowest BCUT2D eigenvalue weighted by Gasteiger charge is -2.12. The average Bonchev–Trinajstić information content (AvgIpc) is 2.58. The zero-order valence-electron chi connectivity index (χ0n) is 10.0. The molecular weight excluding hydrogens is 325 g/mol. The zero-order valence-corrected chi connectivity index (χ0v) is 12.2. The molecule has 1 atom stereocenters. The number of nitrogens with zero attached hydrogens (tertiary/aromatic N) is 2. The maximum Gasteiger partial charge on any atom is 0.0596 e. The molecule has 3 nitrogen and oxygen atoms in total. The Balaban J connectivity index is 2.13. The first-order chi connectivity index (χ1) is 8.06. The molecule has 0 radical (unpaired) electrons. The van der Waals surface area contributed by atoms with Crippen molar-refractivity contribution >= 4 is 22.6 Å². The number of benzene rings is 1. The van der Waals surface area contributed by atoms with E-state index < -0.39 is 0 Å². The van der Waals surface area contributed by atoms with Gasteiger partial charge in [-0.25, -0.2) is 0 Å². The lowest BCUT2D eigenvalue weighted by Crippen LogP contribution is -2.15. The predicted octanol–water partition coefficient (Wildman–Crippen LogP) is 2.58. The molecule has 0 aliphatic rings. The highest BCUT2D eigenvalue weighted by Crippen LogP contribution is 2.17. The molecule has 4 heteroatoms. The van der Waals surface area contributed by atoms with Gasteiger partial charge in [-0.1, -0.05) is 12.1 Å². The number of aromatic nitrogens is 2. The molecule has 0 spiro atoms. The van der Waals surface area contributed by atoms with Crippen molar-refractivity contribution in [3.63, 3.8) is 0 Å². The topological polar surface area (TPSA) is 43.8 Å². The van der Waals surface area contributed by atoms with Gasteiger partial charge in [0.25, 0.3) is 0 Å². The molecule has 1 aromatic carbocycles. The molecule has 2 rings (SSSR count). The van der Waals surface area contributed by atoms with Crippen molar-refractivity contribution < 1.29 is 0 Å². The van der Waals surface area contributed by atoms with Crippen LogP contribution in [0.5, 0.6) is 0 Å². The van der Waals surface area contributed by atoms with Crippen LogP contribution in [0.4, 0.5) is 0 Å². The number of rotatable bonds is 3. The minimum Gasteiger partial charge on any atom is -0.324 e. The fraction of sp³-hybridized carbons (Fsp3) is 0.308. The summed E-state index contributed by atoms with van der Waals surface area (Å²) in [6.45, 7) is 2.00. The van der Waals surface area contributed by atoms with Gasteiger partial charge in [-0.15, -0.1) is 0 Å². The molecule has 0 amide bonds. The van der Waals surface area contributed by atoms with Gasteiger partial charge in [0.1, 0.15) is 0 Å². The van der Waals surface area contributed by atoms with Crippen LogP contribution in [0.15, 0.2) is 30.3 Å². The second-order valence-electron chi connectivity index (χ2n) is 4.26. The Morgan fingerprint density at radius 2 is 2.00 bits per heavy atom. The monoisotopic (exact) mass is 341 g/mol. The average molecular weight is 341 g/mol. The summed E-state index contributed by atoms with van der Waals surface area (Å²) in [4.78, 5) is 0. The van der Waals surface area contributed by atoms with Crippen LogP contribution in [-0.2, 0) is 13.5 Å². The molecule has 1 heterocycles. The van der Waals surface area contributed by atoms with E-state index in [1.54, 1.807) is 0 Å². The lowest BCUT2D eigenvalue weighted by atomic mass is 10.0. The van der Waals surface area contributed by atoms with Crippen molar-refractivity contribution in [2.75, 3.05) is 0 Å². The maximum atomic E-state index is 6.21. The van der Waals surface area contributed by atoms with Crippen LogP contribution in [-0.4, -0.2) is 9.78 Å². The minimum absolute atomic E-state index is 0.0294. The van der Waals surface area contributed by atoms with Gasteiger partial charge >= 0.3 is 0 Å². The molecule has 0 saturated carbocycles. The minimum atomic E-state index is 0.0294. The zero-order chi connectivity index (χ0) is 12.4. The molecule has 2 N–H and O–H groups in total. The number of aryl methyl sites for hydroxylation is 2. The summed E-state index contributed by atoms with van der Waals surface area (Å²) in [5.41, 5.74) is 9.60. The Bertz CT molecular complexity index is 502. The van der Waals surface area contributed by atoms with Crippen molar-refractivity contribution in [3.8, 4) is 0 Å². The van der Waals surface area contributed by atoms with Crippen LogP contribution in [0.1, 0.15) is 23.0 Å². The van der Waals surface area contributed by atoms with Crippen molar-refractivity contribution in [2.45, 2.75) is 19.4 Å².